The van der Waals surface area contributed by atoms with E-state index in [0.29, 0.717) is 6.67 Å². The molecule has 0 fully saturated rings. The maximum absolute atomic E-state index is 6.93. The largest absolute Gasteiger partial charge is 0.457 e. The predicted molar refractivity (Wildman–Crippen MR) is 209 cm³/mol. The Kier molecular flexibility index (Phi) is 8.34. The summed E-state index contributed by atoms with van der Waals surface area (Å²) in [6, 6.07) is 36.6. The summed E-state index contributed by atoms with van der Waals surface area (Å²) in [4.78, 5) is 4.95. The zero-order chi connectivity index (χ0) is 35.4. The molecule has 0 bridgehead atoms. The van der Waals surface area contributed by atoms with Crippen molar-refractivity contribution in [2.24, 2.45) is 0 Å². The summed E-state index contributed by atoms with van der Waals surface area (Å²) in [6.45, 7) is 21.1. The van der Waals surface area contributed by atoms with Gasteiger partial charge in [0.2, 0.25) is 0 Å². The van der Waals surface area contributed by atoms with Crippen molar-refractivity contribution >= 4 is 22.7 Å². The van der Waals surface area contributed by atoms with Crippen LogP contribution in [0.3, 0.4) is 0 Å². The van der Waals surface area contributed by atoms with E-state index in [-0.39, 0.29) is 10.8 Å². The summed E-state index contributed by atoms with van der Waals surface area (Å²) < 4.78 is 8.84. The van der Waals surface area contributed by atoms with Gasteiger partial charge in [0.15, 0.2) is 0 Å². The molecule has 0 aliphatic carbocycles. The topological polar surface area (TPSA) is 33.5 Å². The van der Waals surface area contributed by atoms with Crippen LogP contribution in [0, 0.1) is 20.8 Å². The third-order valence-corrected chi connectivity index (χ3v) is 9.66. The molecule has 6 aromatic rings. The minimum atomic E-state index is -0.150. The van der Waals surface area contributed by atoms with Crippen LogP contribution >= 0.6 is 0 Å². The summed E-state index contributed by atoms with van der Waals surface area (Å²) >= 11 is 0. The van der Waals surface area contributed by atoms with Crippen LogP contribution in [0.5, 0.6) is 11.5 Å². The van der Waals surface area contributed by atoms with Gasteiger partial charge < -0.3 is 14.5 Å². The predicted octanol–water partition coefficient (Wildman–Crippen LogP) is 12.1. The molecule has 50 heavy (non-hydrogen) atoms. The fourth-order valence-electron chi connectivity index (χ4n) is 7.33. The van der Waals surface area contributed by atoms with Crippen molar-refractivity contribution in [3.05, 3.63) is 143 Å². The number of anilines is 4. The van der Waals surface area contributed by atoms with Gasteiger partial charge in [-0.3, -0.25) is 0 Å². The molecule has 7 rings (SSSR count). The Morgan fingerprint density at radius 3 is 1.90 bits per heavy atom. The molecule has 0 N–H and O–H groups in total. The van der Waals surface area contributed by atoms with Gasteiger partial charge in [-0.05, 0) is 84.2 Å². The number of fused-ring (bicyclic) bond motifs is 1. The normalized spacial score (nSPS) is 13.1. The van der Waals surface area contributed by atoms with Crippen molar-refractivity contribution in [1.29, 1.82) is 0 Å². The summed E-state index contributed by atoms with van der Waals surface area (Å²) in [5.74, 6) is 1.63. The van der Waals surface area contributed by atoms with Gasteiger partial charge in [0.25, 0.3) is 0 Å². The fraction of sp³-hybridized carbons (Fsp3) is 0.267. The van der Waals surface area contributed by atoms with E-state index in [1.807, 2.05) is 29.1 Å². The lowest BCUT2D eigenvalue weighted by atomic mass is 9.79. The minimum absolute atomic E-state index is 0.109. The zero-order valence-corrected chi connectivity index (χ0v) is 30.9. The maximum atomic E-state index is 6.93. The van der Waals surface area contributed by atoms with Crippen molar-refractivity contribution in [1.82, 2.24) is 9.78 Å². The Labute approximate surface area is 297 Å². The standard InChI is InChI=1S/C45H48N4O/c1-30-22-31(2)43(32(3)23-30)48-29-47(39-20-13-14-21-40(39)48)41-26-42(38(45(7,8)9)25-37(41)44(4,5)6)50-36-19-15-18-35(24-36)49-28-34(27-46-49)33-16-11-10-12-17-33/h10-28H,29H2,1-9H3. The van der Waals surface area contributed by atoms with Crippen LogP contribution < -0.4 is 14.5 Å². The molecule has 0 radical (unpaired) electrons. The van der Waals surface area contributed by atoms with Crippen molar-refractivity contribution in [3.8, 4) is 28.3 Å². The van der Waals surface area contributed by atoms with Crippen molar-refractivity contribution in [3.63, 3.8) is 0 Å². The summed E-state index contributed by atoms with van der Waals surface area (Å²) in [5.41, 5.74) is 14.1. The number of aryl methyl sites for hydroxylation is 3. The lowest BCUT2D eigenvalue weighted by molar-refractivity contribution is 0.453. The van der Waals surface area contributed by atoms with E-state index in [2.05, 4.69) is 163 Å². The maximum Gasteiger partial charge on any atom is 0.133 e. The third kappa shape index (κ3) is 6.29. The molecular formula is C45H48N4O. The van der Waals surface area contributed by atoms with Crippen molar-refractivity contribution < 1.29 is 4.74 Å². The van der Waals surface area contributed by atoms with E-state index < -0.39 is 0 Å². The molecule has 1 aromatic heterocycles. The highest BCUT2D eigenvalue weighted by Gasteiger charge is 2.34. The van der Waals surface area contributed by atoms with E-state index in [4.69, 9.17) is 9.84 Å². The Bertz CT molecular complexity index is 2160. The molecule has 1 aliphatic heterocycles. The fourth-order valence-corrected chi connectivity index (χ4v) is 7.33. The molecule has 1 aliphatic rings. The number of benzene rings is 5. The zero-order valence-electron chi connectivity index (χ0n) is 30.9. The van der Waals surface area contributed by atoms with Gasteiger partial charge in [0, 0.05) is 35.1 Å². The molecule has 0 saturated carbocycles. The second-order valence-electron chi connectivity index (χ2n) is 15.7. The summed E-state index contributed by atoms with van der Waals surface area (Å²) in [6.07, 6.45) is 3.98. The first-order valence-electron chi connectivity index (χ1n) is 17.6. The second kappa shape index (κ2) is 12.5. The lowest BCUT2D eigenvalue weighted by Crippen LogP contribution is -2.28. The highest BCUT2D eigenvalue weighted by molar-refractivity contribution is 5.89. The molecular weight excluding hydrogens is 613 g/mol. The van der Waals surface area contributed by atoms with Gasteiger partial charge in [0.05, 0.1) is 28.9 Å². The second-order valence-corrected chi connectivity index (χ2v) is 15.7. The summed E-state index contributed by atoms with van der Waals surface area (Å²) in [7, 11) is 0. The van der Waals surface area contributed by atoms with Crippen LogP contribution in [0.15, 0.2) is 116 Å². The molecule has 0 spiro atoms. The molecule has 0 unspecified atom stereocenters. The number of hydrogen-bond donors (Lipinski definition) is 0. The highest BCUT2D eigenvalue weighted by atomic mass is 16.5. The van der Waals surface area contributed by atoms with Gasteiger partial charge in [-0.2, -0.15) is 5.10 Å². The van der Waals surface area contributed by atoms with Gasteiger partial charge in [-0.25, -0.2) is 4.68 Å². The van der Waals surface area contributed by atoms with Crippen LogP contribution in [-0.4, -0.2) is 16.4 Å². The van der Waals surface area contributed by atoms with Gasteiger partial charge >= 0.3 is 0 Å². The van der Waals surface area contributed by atoms with Crippen molar-refractivity contribution in [2.45, 2.75) is 73.1 Å². The third-order valence-electron chi connectivity index (χ3n) is 9.66. The average Bonchev–Trinajstić information content (AvgIpc) is 3.70. The lowest BCUT2D eigenvalue weighted by Gasteiger charge is -2.33. The first-order chi connectivity index (χ1) is 23.8. The van der Waals surface area contributed by atoms with Crippen LogP contribution in [0.2, 0.25) is 0 Å². The van der Waals surface area contributed by atoms with Crippen LogP contribution in [0.1, 0.15) is 69.4 Å². The number of rotatable bonds is 6. The first kappa shape index (κ1) is 33.2. The molecule has 5 aromatic carbocycles. The first-order valence-corrected chi connectivity index (χ1v) is 17.6. The number of aromatic nitrogens is 2. The molecule has 0 amide bonds. The monoisotopic (exact) mass is 660 g/mol. The Hall–Kier alpha value is -5.29. The smallest absolute Gasteiger partial charge is 0.133 e. The quantitative estimate of drug-likeness (QED) is 0.178. The minimum Gasteiger partial charge on any atom is -0.457 e. The Morgan fingerprint density at radius 2 is 1.24 bits per heavy atom. The van der Waals surface area contributed by atoms with Crippen LogP contribution in [-0.2, 0) is 10.8 Å². The molecule has 5 nitrogen and oxygen atoms in total. The molecule has 5 heteroatoms. The number of hydrogen-bond acceptors (Lipinski definition) is 4. The number of nitrogens with zero attached hydrogens (tertiary/aromatic N) is 4. The summed E-state index contributed by atoms with van der Waals surface area (Å²) in [5, 5.41) is 4.69. The average molecular weight is 661 g/mol. The van der Waals surface area contributed by atoms with E-state index in [1.165, 1.54) is 44.9 Å². The van der Waals surface area contributed by atoms with Gasteiger partial charge in [-0.15, -0.1) is 0 Å². The van der Waals surface area contributed by atoms with Crippen LogP contribution in [0.25, 0.3) is 16.8 Å². The number of para-hydroxylation sites is 2. The molecule has 0 saturated heterocycles. The SMILES string of the molecule is Cc1cc(C)c(N2CN(c3cc(Oc4cccc(-n5cc(-c6ccccc6)cn5)c4)c(C(C)(C)C)cc3C(C)(C)C)c3ccccc32)c(C)c1. The van der Waals surface area contributed by atoms with E-state index in [1.54, 1.807) is 0 Å². The number of ether oxygens (including phenoxy) is 1. The molecule has 254 valence electrons. The van der Waals surface area contributed by atoms with E-state index >= 15 is 0 Å². The highest BCUT2D eigenvalue weighted by Crippen LogP contribution is 2.50. The van der Waals surface area contributed by atoms with E-state index in [0.717, 1.165) is 34.0 Å². The Balaban J connectivity index is 1.32. The Morgan fingerprint density at radius 1 is 0.600 bits per heavy atom. The van der Waals surface area contributed by atoms with Gasteiger partial charge in [-0.1, -0.05) is 108 Å². The van der Waals surface area contributed by atoms with E-state index in [9.17, 15) is 0 Å². The van der Waals surface area contributed by atoms with Crippen LogP contribution in [0.4, 0.5) is 22.7 Å². The molecule has 2 heterocycles. The van der Waals surface area contributed by atoms with Gasteiger partial charge in [0.1, 0.15) is 18.2 Å². The molecule has 0 atom stereocenters. The van der Waals surface area contributed by atoms with Crippen molar-refractivity contribution in [2.75, 3.05) is 16.5 Å².